The Morgan fingerprint density at radius 1 is 1.15 bits per heavy atom. The summed E-state index contributed by atoms with van der Waals surface area (Å²) in [7, 11) is 4.21. The van der Waals surface area contributed by atoms with Crippen LogP contribution in [0.1, 0.15) is 18.4 Å². The van der Waals surface area contributed by atoms with Gasteiger partial charge in [0.25, 0.3) is 5.01 Å². The van der Waals surface area contributed by atoms with Crippen LogP contribution in [-0.2, 0) is 7.05 Å². The van der Waals surface area contributed by atoms with Crippen molar-refractivity contribution in [3.8, 4) is 0 Å². The largest absolute Gasteiger partial charge is 0.338 e. The summed E-state index contributed by atoms with van der Waals surface area (Å²) >= 11 is 15.8. The number of rotatable bonds is 3. The Hall–Kier alpha value is -1.46. The zero-order valence-electron chi connectivity index (χ0n) is 15.3. The van der Waals surface area contributed by atoms with Crippen LogP contribution in [0.25, 0.3) is 16.3 Å². The second kappa shape index (κ2) is 7.51. The summed E-state index contributed by atoms with van der Waals surface area (Å²) in [5.74, 6) is 0. The molecular formula is C21H19Cl2N2S2+. The quantitative estimate of drug-likeness (QED) is 0.414. The number of benzene rings is 2. The smallest absolute Gasteiger partial charge is 0.262 e. The zero-order valence-corrected chi connectivity index (χ0v) is 18.4. The molecule has 6 heteroatoms. The summed E-state index contributed by atoms with van der Waals surface area (Å²) in [4.78, 5) is 3.43. The fourth-order valence-electron chi connectivity index (χ4n) is 3.11. The molecule has 0 saturated carbocycles. The Labute approximate surface area is 177 Å². The number of allylic oxidation sites excluding steroid dienone is 2. The van der Waals surface area contributed by atoms with E-state index in [0.29, 0.717) is 0 Å². The molecule has 1 aliphatic heterocycles. The number of hydrogen-bond donors (Lipinski definition) is 0. The van der Waals surface area contributed by atoms with Crippen LogP contribution in [0.3, 0.4) is 0 Å². The molecule has 0 atom stereocenters. The molecule has 3 aromatic rings. The van der Waals surface area contributed by atoms with E-state index >= 15 is 0 Å². The minimum atomic E-state index is 0.776. The maximum atomic E-state index is 6.15. The van der Waals surface area contributed by atoms with E-state index in [-0.39, 0.29) is 0 Å². The first-order chi connectivity index (χ1) is 13.0. The van der Waals surface area contributed by atoms with Gasteiger partial charge in [-0.15, -0.1) is 0 Å². The van der Waals surface area contributed by atoms with Gasteiger partial charge in [-0.1, -0.05) is 53.2 Å². The van der Waals surface area contributed by atoms with E-state index in [4.69, 9.17) is 23.2 Å². The van der Waals surface area contributed by atoms with Crippen LogP contribution in [0.15, 0.2) is 58.0 Å². The number of fused-ring (bicyclic) bond motifs is 2. The Balaban J connectivity index is 1.71. The summed E-state index contributed by atoms with van der Waals surface area (Å²) < 4.78 is 3.43. The number of aryl methyl sites for hydroxylation is 1. The van der Waals surface area contributed by atoms with Crippen LogP contribution in [0, 0.1) is 0 Å². The van der Waals surface area contributed by atoms with Crippen molar-refractivity contribution in [2.45, 2.75) is 18.2 Å². The first-order valence-corrected chi connectivity index (χ1v) is 11.1. The number of nitrogens with zero attached hydrogens (tertiary/aromatic N) is 2. The highest BCUT2D eigenvalue weighted by Crippen LogP contribution is 2.46. The monoisotopic (exact) mass is 433 g/mol. The normalized spacial score (nSPS) is 15.8. The van der Waals surface area contributed by atoms with Crippen LogP contribution in [0.2, 0.25) is 10.0 Å². The van der Waals surface area contributed by atoms with Gasteiger partial charge in [-0.2, -0.15) is 4.57 Å². The van der Waals surface area contributed by atoms with Crippen LogP contribution >= 0.6 is 46.3 Å². The predicted octanol–water partition coefficient (Wildman–Crippen LogP) is 6.91. The highest BCUT2D eigenvalue weighted by molar-refractivity contribution is 8.03. The van der Waals surface area contributed by atoms with E-state index in [2.05, 4.69) is 54.8 Å². The van der Waals surface area contributed by atoms with Gasteiger partial charge in [0.05, 0.1) is 10.7 Å². The molecule has 27 heavy (non-hydrogen) atoms. The average Bonchev–Trinajstić information content (AvgIpc) is 3.11. The van der Waals surface area contributed by atoms with Crippen molar-refractivity contribution in [3.63, 3.8) is 0 Å². The molecular weight excluding hydrogens is 415 g/mol. The molecule has 2 aromatic carbocycles. The van der Waals surface area contributed by atoms with Crippen molar-refractivity contribution in [1.82, 2.24) is 0 Å². The maximum absolute atomic E-state index is 6.15. The van der Waals surface area contributed by atoms with Gasteiger partial charge in [0, 0.05) is 34.1 Å². The number of thioether (sulfide) groups is 1. The molecule has 0 amide bonds. The van der Waals surface area contributed by atoms with Gasteiger partial charge in [0.2, 0.25) is 5.52 Å². The van der Waals surface area contributed by atoms with Crippen molar-refractivity contribution in [3.05, 3.63) is 68.1 Å². The predicted molar refractivity (Wildman–Crippen MR) is 120 cm³/mol. The Kier molecular flexibility index (Phi) is 5.26. The lowest BCUT2D eigenvalue weighted by Crippen LogP contribution is -2.28. The van der Waals surface area contributed by atoms with Gasteiger partial charge in [-0.25, -0.2) is 0 Å². The van der Waals surface area contributed by atoms with Crippen molar-refractivity contribution >= 4 is 68.3 Å². The van der Waals surface area contributed by atoms with Gasteiger partial charge in [0.1, 0.15) is 11.7 Å². The zero-order chi connectivity index (χ0) is 19.1. The van der Waals surface area contributed by atoms with Gasteiger partial charge >= 0.3 is 0 Å². The molecule has 138 valence electrons. The van der Waals surface area contributed by atoms with Gasteiger partial charge in [-0.05, 0) is 48.4 Å². The van der Waals surface area contributed by atoms with Crippen molar-refractivity contribution in [2.75, 3.05) is 11.9 Å². The van der Waals surface area contributed by atoms with Crippen molar-refractivity contribution in [2.24, 2.45) is 7.05 Å². The Morgan fingerprint density at radius 3 is 2.67 bits per heavy atom. The minimum Gasteiger partial charge on any atom is -0.338 e. The summed E-state index contributed by atoms with van der Waals surface area (Å²) in [5.41, 5.74) is 3.69. The fourth-order valence-corrected chi connectivity index (χ4v) is 5.92. The van der Waals surface area contributed by atoms with E-state index in [1.54, 1.807) is 23.1 Å². The number of aromatic nitrogens is 1. The molecule has 1 aromatic heterocycles. The molecule has 0 bridgehead atoms. The molecule has 0 radical (unpaired) electrons. The molecule has 0 unspecified atom stereocenters. The van der Waals surface area contributed by atoms with Crippen LogP contribution < -0.4 is 9.47 Å². The molecule has 0 N–H and O–H groups in total. The highest BCUT2D eigenvalue weighted by Gasteiger charge is 2.22. The van der Waals surface area contributed by atoms with Crippen LogP contribution in [0.5, 0.6) is 0 Å². The third-order valence-electron chi connectivity index (χ3n) is 4.68. The van der Waals surface area contributed by atoms with Crippen molar-refractivity contribution in [1.29, 1.82) is 0 Å². The molecule has 4 rings (SSSR count). The molecule has 2 heterocycles. The molecule has 2 nitrogen and oxygen atoms in total. The second-order valence-corrected chi connectivity index (χ2v) is 9.44. The van der Waals surface area contributed by atoms with E-state index in [0.717, 1.165) is 16.5 Å². The van der Waals surface area contributed by atoms with Gasteiger partial charge in [0.15, 0.2) is 0 Å². The molecule has 1 aliphatic rings. The SMILES string of the molecule is CCC(=C/c1sc2cc(Cl)ccc2[n+]1C)/C=C1\Sc2cc(Cl)ccc2N1C. The van der Waals surface area contributed by atoms with E-state index < -0.39 is 0 Å². The Bertz CT molecular complexity index is 1100. The lowest BCUT2D eigenvalue weighted by Gasteiger charge is -2.13. The standard InChI is InChI=1S/C21H19Cl2N2S2/c1-4-13(9-20-24(2)16-7-5-14(22)11-18(16)26-20)10-21-25(3)17-8-6-15(23)12-19(17)27-21/h5-12H,4H2,1-3H3/q+1. The lowest BCUT2D eigenvalue weighted by atomic mass is 10.2. The van der Waals surface area contributed by atoms with Gasteiger partial charge in [-0.3, -0.25) is 0 Å². The number of halogens is 2. The molecule has 0 spiro atoms. The number of thiazole rings is 1. The summed E-state index contributed by atoms with van der Waals surface area (Å²) in [6.07, 6.45) is 5.51. The first-order valence-electron chi connectivity index (χ1n) is 8.67. The third kappa shape index (κ3) is 3.64. The van der Waals surface area contributed by atoms with Gasteiger partial charge < -0.3 is 4.90 Å². The number of anilines is 1. The third-order valence-corrected chi connectivity index (χ3v) is 7.45. The first kappa shape index (κ1) is 18.9. The molecule has 0 fully saturated rings. The summed E-state index contributed by atoms with van der Waals surface area (Å²) in [5, 5.41) is 3.98. The van der Waals surface area contributed by atoms with Crippen LogP contribution in [-0.4, -0.2) is 7.05 Å². The molecule has 0 aliphatic carbocycles. The van der Waals surface area contributed by atoms with E-state index in [1.807, 2.05) is 24.3 Å². The van der Waals surface area contributed by atoms with E-state index in [1.165, 1.54) is 36.4 Å². The molecule has 0 saturated heterocycles. The maximum Gasteiger partial charge on any atom is 0.262 e. The lowest BCUT2D eigenvalue weighted by molar-refractivity contribution is -0.642. The highest BCUT2D eigenvalue weighted by atomic mass is 35.5. The average molecular weight is 434 g/mol. The second-order valence-electron chi connectivity index (χ2n) is 6.44. The van der Waals surface area contributed by atoms with Crippen LogP contribution in [0.4, 0.5) is 5.69 Å². The minimum absolute atomic E-state index is 0.776. The van der Waals surface area contributed by atoms with Crippen molar-refractivity contribution < 1.29 is 4.57 Å². The number of hydrogen-bond acceptors (Lipinski definition) is 3. The van der Waals surface area contributed by atoms with E-state index in [9.17, 15) is 0 Å². The Morgan fingerprint density at radius 2 is 1.89 bits per heavy atom. The summed E-state index contributed by atoms with van der Waals surface area (Å²) in [6.45, 7) is 2.19. The topological polar surface area (TPSA) is 7.12 Å². The fraction of sp³-hybridized carbons (Fsp3) is 0.190. The summed E-state index contributed by atoms with van der Waals surface area (Å²) in [6, 6.07) is 12.1.